The van der Waals surface area contributed by atoms with Gasteiger partial charge in [-0.1, -0.05) is 15.9 Å². The van der Waals surface area contributed by atoms with Crippen molar-refractivity contribution in [2.75, 3.05) is 0 Å². The van der Waals surface area contributed by atoms with Crippen LogP contribution in [0, 0.1) is 6.92 Å². The zero-order valence-corrected chi connectivity index (χ0v) is 10.7. The molecule has 1 aromatic heterocycles. The van der Waals surface area contributed by atoms with Crippen molar-refractivity contribution in [3.63, 3.8) is 0 Å². The summed E-state index contributed by atoms with van der Waals surface area (Å²) in [5.74, 6) is 0.147. The summed E-state index contributed by atoms with van der Waals surface area (Å²) < 4.78 is 1.04. The predicted molar refractivity (Wildman–Crippen MR) is 59.5 cm³/mol. The number of rotatable bonds is 2. The molecule has 1 heterocycles. The highest BCUT2D eigenvalue weighted by Gasteiger charge is 2.15. The van der Waals surface area contributed by atoms with Crippen LogP contribution in [0.4, 0.5) is 0 Å². The molecule has 0 saturated heterocycles. The molecule has 66 valence electrons. The van der Waals surface area contributed by atoms with Gasteiger partial charge in [-0.05, 0) is 41.4 Å². The predicted octanol–water partition coefficient (Wildman–Crippen LogP) is 3.79. The van der Waals surface area contributed by atoms with Crippen molar-refractivity contribution in [2.45, 2.75) is 18.7 Å². The average molecular weight is 312 g/mol. The number of Topliss-reactive ketones (excluding diaryl/α,β-unsaturated/α-hetero) is 1. The Labute approximate surface area is 92.4 Å². The number of carbonyl (C=O) groups excluding carboxylic acids is 1. The molecule has 0 fully saturated rings. The van der Waals surface area contributed by atoms with Crippen LogP contribution in [-0.4, -0.2) is 10.6 Å². The fourth-order valence-electron chi connectivity index (χ4n) is 0.777. The summed E-state index contributed by atoms with van der Waals surface area (Å²) in [5.41, 5.74) is 1.12. The lowest BCUT2D eigenvalue weighted by Crippen LogP contribution is -2.07. The third kappa shape index (κ3) is 2.18. The first-order valence-electron chi connectivity index (χ1n) is 3.46. The van der Waals surface area contributed by atoms with Gasteiger partial charge in [-0.3, -0.25) is 4.79 Å². The summed E-state index contributed by atoms with van der Waals surface area (Å²) in [6, 6.07) is 1.91. The Kier molecular flexibility index (Phi) is 3.49. The average Bonchev–Trinajstić information content (AvgIpc) is 2.30. The fourth-order valence-corrected chi connectivity index (χ4v) is 2.74. The number of ketones is 1. The van der Waals surface area contributed by atoms with Crippen LogP contribution >= 0.6 is 43.2 Å². The van der Waals surface area contributed by atoms with Gasteiger partial charge in [0.05, 0.1) is 13.5 Å². The summed E-state index contributed by atoms with van der Waals surface area (Å²) in [4.78, 5) is 12.2. The Morgan fingerprint density at radius 2 is 2.25 bits per heavy atom. The molecule has 0 aliphatic rings. The molecule has 1 atom stereocenters. The second-order valence-corrected chi connectivity index (χ2v) is 6.29. The third-order valence-electron chi connectivity index (χ3n) is 1.46. The second kappa shape index (κ2) is 4.03. The molecule has 0 radical (unpaired) electrons. The lowest BCUT2D eigenvalue weighted by atomic mass is 10.2. The standard InChI is InChI=1S/C8H8Br2OS/c1-4-3-6(12-8(4)10)7(11)5(2)9/h3,5H,1-2H3. The van der Waals surface area contributed by atoms with E-state index in [0.717, 1.165) is 14.2 Å². The summed E-state index contributed by atoms with van der Waals surface area (Å²) >= 11 is 8.12. The minimum Gasteiger partial charge on any atom is -0.292 e. The van der Waals surface area contributed by atoms with Crippen molar-refractivity contribution >= 4 is 49.0 Å². The first-order chi connectivity index (χ1) is 5.52. The molecule has 0 saturated carbocycles. The van der Waals surface area contributed by atoms with Crippen LogP contribution in [0.15, 0.2) is 9.85 Å². The molecule has 1 aromatic rings. The number of hydrogen-bond acceptors (Lipinski definition) is 2. The van der Waals surface area contributed by atoms with E-state index < -0.39 is 0 Å². The molecule has 0 amide bonds. The van der Waals surface area contributed by atoms with Gasteiger partial charge in [0.15, 0.2) is 5.78 Å². The summed E-state index contributed by atoms with van der Waals surface area (Å²) in [7, 11) is 0. The highest BCUT2D eigenvalue weighted by atomic mass is 79.9. The Hall–Kier alpha value is 0.330. The zero-order valence-electron chi connectivity index (χ0n) is 6.73. The van der Waals surface area contributed by atoms with Crippen LogP contribution in [0.3, 0.4) is 0 Å². The molecule has 1 rings (SSSR count). The van der Waals surface area contributed by atoms with Crippen molar-refractivity contribution in [1.29, 1.82) is 0 Å². The SMILES string of the molecule is Cc1cc(C(=O)C(C)Br)sc1Br. The lowest BCUT2D eigenvalue weighted by molar-refractivity contribution is 0.0999. The Balaban J connectivity index is 2.97. The summed E-state index contributed by atoms with van der Waals surface area (Å²) in [6.07, 6.45) is 0. The maximum absolute atomic E-state index is 11.5. The van der Waals surface area contributed by atoms with Gasteiger partial charge >= 0.3 is 0 Å². The molecule has 0 N–H and O–H groups in total. The normalized spacial score (nSPS) is 13.0. The Bertz CT molecular complexity index is 285. The Morgan fingerprint density at radius 3 is 2.58 bits per heavy atom. The molecule has 12 heavy (non-hydrogen) atoms. The summed E-state index contributed by atoms with van der Waals surface area (Å²) in [6.45, 7) is 3.82. The first kappa shape index (κ1) is 10.4. The first-order valence-corrected chi connectivity index (χ1v) is 5.99. The van der Waals surface area contributed by atoms with Gasteiger partial charge in [0.25, 0.3) is 0 Å². The number of aryl methyl sites for hydroxylation is 1. The maximum atomic E-state index is 11.5. The van der Waals surface area contributed by atoms with E-state index >= 15 is 0 Å². The highest BCUT2D eigenvalue weighted by Crippen LogP contribution is 2.28. The van der Waals surface area contributed by atoms with E-state index in [1.54, 1.807) is 0 Å². The van der Waals surface area contributed by atoms with E-state index in [2.05, 4.69) is 31.9 Å². The van der Waals surface area contributed by atoms with E-state index in [4.69, 9.17) is 0 Å². The smallest absolute Gasteiger partial charge is 0.186 e. The number of carbonyl (C=O) groups is 1. The fraction of sp³-hybridized carbons (Fsp3) is 0.375. The molecule has 0 aliphatic heterocycles. The molecular formula is C8H8Br2OS. The van der Waals surface area contributed by atoms with Crippen molar-refractivity contribution in [1.82, 2.24) is 0 Å². The number of hydrogen-bond donors (Lipinski definition) is 0. The van der Waals surface area contributed by atoms with Gasteiger partial charge in [0.1, 0.15) is 0 Å². The molecule has 4 heteroatoms. The van der Waals surface area contributed by atoms with Gasteiger partial charge in [-0.15, -0.1) is 11.3 Å². The van der Waals surface area contributed by atoms with E-state index in [-0.39, 0.29) is 10.6 Å². The van der Waals surface area contributed by atoms with E-state index in [1.807, 2.05) is 19.9 Å². The van der Waals surface area contributed by atoms with Crippen molar-refractivity contribution in [3.05, 3.63) is 20.3 Å². The highest BCUT2D eigenvalue weighted by molar-refractivity contribution is 9.11. The van der Waals surface area contributed by atoms with Crippen LogP contribution in [0.25, 0.3) is 0 Å². The number of thiophene rings is 1. The molecular weight excluding hydrogens is 304 g/mol. The number of halogens is 2. The van der Waals surface area contributed by atoms with Gasteiger partial charge in [0, 0.05) is 0 Å². The molecule has 1 unspecified atom stereocenters. The third-order valence-corrected chi connectivity index (χ3v) is 4.03. The van der Waals surface area contributed by atoms with Crippen LogP contribution in [-0.2, 0) is 0 Å². The molecule has 1 nitrogen and oxygen atoms in total. The molecule has 0 bridgehead atoms. The largest absolute Gasteiger partial charge is 0.292 e. The maximum Gasteiger partial charge on any atom is 0.186 e. The monoisotopic (exact) mass is 310 g/mol. The second-order valence-electron chi connectivity index (χ2n) is 2.55. The van der Waals surface area contributed by atoms with Gasteiger partial charge < -0.3 is 0 Å². The minimum absolute atomic E-state index is 0.0950. The quantitative estimate of drug-likeness (QED) is 0.600. The van der Waals surface area contributed by atoms with Crippen LogP contribution in [0.5, 0.6) is 0 Å². The van der Waals surface area contributed by atoms with Crippen molar-refractivity contribution in [2.24, 2.45) is 0 Å². The van der Waals surface area contributed by atoms with Crippen molar-refractivity contribution in [3.8, 4) is 0 Å². The van der Waals surface area contributed by atoms with E-state index in [0.29, 0.717) is 0 Å². The van der Waals surface area contributed by atoms with Crippen LogP contribution < -0.4 is 0 Å². The molecule has 0 aromatic carbocycles. The molecule has 0 spiro atoms. The van der Waals surface area contributed by atoms with Crippen LogP contribution in [0.1, 0.15) is 22.2 Å². The van der Waals surface area contributed by atoms with E-state index in [9.17, 15) is 4.79 Å². The van der Waals surface area contributed by atoms with E-state index in [1.165, 1.54) is 11.3 Å². The van der Waals surface area contributed by atoms with Gasteiger partial charge in [0.2, 0.25) is 0 Å². The van der Waals surface area contributed by atoms with Gasteiger partial charge in [-0.2, -0.15) is 0 Å². The minimum atomic E-state index is -0.0950. The van der Waals surface area contributed by atoms with Crippen molar-refractivity contribution < 1.29 is 4.79 Å². The zero-order chi connectivity index (χ0) is 9.30. The Morgan fingerprint density at radius 1 is 1.67 bits per heavy atom. The molecule has 0 aliphatic carbocycles. The topological polar surface area (TPSA) is 17.1 Å². The number of alkyl halides is 1. The summed E-state index contributed by atoms with van der Waals surface area (Å²) in [5, 5.41) is 0. The van der Waals surface area contributed by atoms with Crippen LogP contribution in [0.2, 0.25) is 0 Å². The van der Waals surface area contributed by atoms with Gasteiger partial charge in [-0.25, -0.2) is 0 Å². The lowest BCUT2D eigenvalue weighted by Gasteiger charge is -1.96.